The second-order valence-corrected chi connectivity index (χ2v) is 4.63. The van der Waals surface area contributed by atoms with E-state index in [1.165, 1.54) is 24.5 Å². The molecule has 0 aliphatic carbocycles. The fraction of sp³-hybridized carbons (Fsp3) is 0.357. The van der Waals surface area contributed by atoms with Crippen LogP contribution in [0.15, 0.2) is 30.6 Å². The van der Waals surface area contributed by atoms with Gasteiger partial charge in [0, 0.05) is 24.0 Å². The predicted octanol–water partition coefficient (Wildman–Crippen LogP) is 2.74. The van der Waals surface area contributed by atoms with E-state index in [0.29, 0.717) is 12.0 Å². The third kappa shape index (κ3) is 3.91. The number of aromatic nitrogens is 3. The van der Waals surface area contributed by atoms with Crippen molar-refractivity contribution in [3.63, 3.8) is 0 Å². The minimum Gasteiger partial charge on any atom is -0.394 e. The molecule has 0 aliphatic heterocycles. The Kier molecular flexibility index (Phi) is 4.92. The molecule has 2 N–H and O–H groups in total. The monoisotopic (exact) mass is 312 g/mol. The number of pyridine rings is 1. The van der Waals surface area contributed by atoms with Gasteiger partial charge in [-0.25, -0.2) is 9.97 Å². The highest BCUT2D eigenvalue weighted by Crippen LogP contribution is 2.30. The summed E-state index contributed by atoms with van der Waals surface area (Å²) >= 11 is 0. The van der Waals surface area contributed by atoms with Crippen molar-refractivity contribution in [2.75, 3.05) is 11.9 Å². The van der Waals surface area contributed by atoms with Crippen LogP contribution in [0.25, 0.3) is 11.4 Å². The molecule has 0 fully saturated rings. The molecule has 2 heterocycles. The van der Waals surface area contributed by atoms with Crippen molar-refractivity contribution in [2.24, 2.45) is 0 Å². The molecule has 22 heavy (non-hydrogen) atoms. The number of rotatable bonds is 5. The molecule has 0 aliphatic rings. The van der Waals surface area contributed by atoms with Gasteiger partial charge in [-0.3, -0.25) is 4.98 Å². The lowest BCUT2D eigenvalue weighted by atomic mass is 10.2. The quantitative estimate of drug-likeness (QED) is 0.888. The highest BCUT2D eigenvalue weighted by Gasteiger charge is 2.34. The summed E-state index contributed by atoms with van der Waals surface area (Å²) in [4.78, 5) is 11.5. The summed E-state index contributed by atoms with van der Waals surface area (Å²) in [5.41, 5.74) is -0.606. The Labute approximate surface area is 125 Å². The van der Waals surface area contributed by atoms with Gasteiger partial charge >= 0.3 is 6.18 Å². The molecule has 5 nitrogen and oxygen atoms in total. The number of alkyl halides is 3. The van der Waals surface area contributed by atoms with Gasteiger partial charge in [0.15, 0.2) is 11.5 Å². The van der Waals surface area contributed by atoms with Crippen LogP contribution in [-0.2, 0) is 6.18 Å². The van der Waals surface area contributed by atoms with E-state index in [-0.39, 0.29) is 24.3 Å². The molecule has 0 unspecified atom stereocenters. The number of aliphatic hydroxyl groups is 1. The summed E-state index contributed by atoms with van der Waals surface area (Å²) in [6.45, 7) is 1.61. The van der Waals surface area contributed by atoms with Crippen molar-refractivity contribution in [1.29, 1.82) is 0 Å². The van der Waals surface area contributed by atoms with Crippen LogP contribution in [0.3, 0.4) is 0 Å². The molecule has 2 aromatic heterocycles. The van der Waals surface area contributed by atoms with Crippen LogP contribution in [0.5, 0.6) is 0 Å². The third-order valence-electron chi connectivity index (χ3n) is 3.02. The first-order valence-corrected chi connectivity index (χ1v) is 6.68. The summed E-state index contributed by atoms with van der Waals surface area (Å²) in [6.07, 6.45) is -1.13. The Hall–Kier alpha value is -2.22. The van der Waals surface area contributed by atoms with E-state index in [0.717, 1.165) is 6.07 Å². The van der Waals surface area contributed by atoms with E-state index < -0.39 is 11.9 Å². The lowest BCUT2D eigenvalue weighted by Gasteiger charge is -2.16. The minimum atomic E-state index is -4.58. The van der Waals surface area contributed by atoms with Crippen molar-refractivity contribution in [3.8, 4) is 11.4 Å². The van der Waals surface area contributed by atoms with Gasteiger partial charge in [-0.1, -0.05) is 6.92 Å². The average Bonchev–Trinajstić information content (AvgIpc) is 2.52. The zero-order valence-electron chi connectivity index (χ0n) is 11.8. The van der Waals surface area contributed by atoms with Crippen LogP contribution in [0.1, 0.15) is 19.0 Å². The van der Waals surface area contributed by atoms with E-state index in [2.05, 4.69) is 20.3 Å². The molecule has 0 saturated carbocycles. The molecule has 0 radical (unpaired) electrons. The summed E-state index contributed by atoms with van der Waals surface area (Å²) in [5, 5.41) is 12.0. The summed E-state index contributed by atoms with van der Waals surface area (Å²) < 4.78 is 39.0. The average molecular weight is 312 g/mol. The topological polar surface area (TPSA) is 70.9 Å². The molecule has 0 spiro atoms. The van der Waals surface area contributed by atoms with Crippen LogP contribution >= 0.6 is 0 Å². The molecule has 0 amide bonds. The fourth-order valence-electron chi connectivity index (χ4n) is 1.78. The van der Waals surface area contributed by atoms with Gasteiger partial charge in [-0.15, -0.1) is 0 Å². The number of aliphatic hydroxyl groups excluding tert-OH is 1. The fourth-order valence-corrected chi connectivity index (χ4v) is 1.78. The number of hydrogen-bond acceptors (Lipinski definition) is 5. The molecule has 2 aromatic rings. The maximum Gasteiger partial charge on any atom is 0.433 e. The highest BCUT2D eigenvalue weighted by atomic mass is 19.4. The molecule has 0 saturated heterocycles. The predicted molar refractivity (Wildman–Crippen MR) is 75.1 cm³/mol. The van der Waals surface area contributed by atoms with Gasteiger partial charge in [0.25, 0.3) is 0 Å². The summed E-state index contributed by atoms with van der Waals surface area (Å²) in [5.74, 6) is -0.0254. The molecule has 2 rings (SSSR count). The van der Waals surface area contributed by atoms with Crippen LogP contribution in [-0.4, -0.2) is 32.7 Å². The lowest BCUT2D eigenvalue weighted by Crippen LogP contribution is -2.24. The van der Waals surface area contributed by atoms with Crippen molar-refractivity contribution in [1.82, 2.24) is 15.0 Å². The maximum atomic E-state index is 13.0. The van der Waals surface area contributed by atoms with Crippen LogP contribution in [0, 0.1) is 0 Å². The van der Waals surface area contributed by atoms with E-state index in [9.17, 15) is 13.2 Å². The first kappa shape index (κ1) is 16.2. The Morgan fingerprint density at radius 2 is 1.91 bits per heavy atom. The van der Waals surface area contributed by atoms with E-state index in [1.54, 1.807) is 0 Å². The number of anilines is 1. The van der Waals surface area contributed by atoms with Gasteiger partial charge in [0.1, 0.15) is 5.82 Å². The molecule has 0 aromatic carbocycles. The van der Waals surface area contributed by atoms with E-state index in [4.69, 9.17) is 5.11 Å². The van der Waals surface area contributed by atoms with Gasteiger partial charge in [-0.2, -0.15) is 13.2 Å². The molecule has 8 heteroatoms. The van der Waals surface area contributed by atoms with Gasteiger partial charge in [0.05, 0.1) is 12.6 Å². The summed E-state index contributed by atoms with van der Waals surface area (Å²) in [6, 6.07) is 3.52. The first-order valence-electron chi connectivity index (χ1n) is 6.68. The Morgan fingerprint density at radius 1 is 1.23 bits per heavy atom. The SMILES string of the molecule is CC[C@H](CO)Nc1cc(C(F)(F)F)nc(-c2ccncc2)n1. The minimum absolute atomic E-state index is 0.0232. The normalized spacial score (nSPS) is 13.0. The van der Waals surface area contributed by atoms with Crippen LogP contribution in [0.4, 0.5) is 19.0 Å². The molecular formula is C14H15F3N4O. The summed E-state index contributed by atoms with van der Waals surface area (Å²) in [7, 11) is 0. The molecule has 1 atom stereocenters. The van der Waals surface area contributed by atoms with Crippen LogP contribution in [0.2, 0.25) is 0 Å². The second kappa shape index (κ2) is 6.69. The van der Waals surface area contributed by atoms with E-state index >= 15 is 0 Å². The number of nitrogens with one attached hydrogen (secondary N) is 1. The number of nitrogens with zero attached hydrogens (tertiary/aromatic N) is 3. The van der Waals surface area contributed by atoms with Gasteiger partial charge in [0.2, 0.25) is 0 Å². The van der Waals surface area contributed by atoms with Gasteiger partial charge < -0.3 is 10.4 Å². The highest BCUT2D eigenvalue weighted by molar-refractivity contribution is 5.57. The van der Waals surface area contributed by atoms with Crippen molar-refractivity contribution in [2.45, 2.75) is 25.6 Å². The van der Waals surface area contributed by atoms with Crippen LogP contribution < -0.4 is 5.32 Å². The van der Waals surface area contributed by atoms with Gasteiger partial charge in [-0.05, 0) is 18.6 Å². The third-order valence-corrected chi connectivity index (χ3v) is 3.02. The zero-order valence-corrected chi connectivity index (χ0v) is 11.8. The standard InChI is InChI=1S/C14H15F3N4O/c1-2-10(8-22)19-12-7-11(14(15,16)17)20-13(21-12)9-3-5-18-6-4-9/h3-7,10,22H,2,8H2,1H3,(H,19,20,21)/t10-/m1/s1. The Balaban J connectivity index is 2.46. The molecule has 118 valence electrons. The molecule has 0 bridgehead atoms. The van der Waals surface area contributed by atoms with E-state index in [1.807, 2.05) is 6.92 Å². The van der Waals surface area contributed by atoms with Crippen molar-refractivity contribution >= 4 is 5.82 Å². The first-order chi connectivity index (χ1) is 10.4. The zero-order chi connectivity index (χ0) is 16.2. The van der Waals surface area contributed by atoms with Crippen molar-refractivity contribution < 1.29 is 18.3 Å². The number of halogens is 3. The largest absolute Gasteiger partial charge is 0.433 e. The van der Waals surface area contributed by atoms with Crippen molar-refractivity contribution in [3.05, 3.63) is 36.3 Å². The lowest BCUT2D eigenvalue weighted by molar-refractivity contribution is -0.141. The Bertz CT molecular complexity index is 615. The smallest absolute Gasteiger partial charge is 0.394 e. The number of hydrogen-bond donors (Lipinski definition) is 2. The Morgan fingerprint density at radius 3 is 2.45 bits per heavy atom. The maximum absolute atomic E-state index is 13.0. The second-order valence-electron chi connectivity index (χ2n) is 4.63. The molecular weight excluding hydrogens is 297 g/mol.